The molecule has 2 N–H and O–H groups in total. The van der Waals surface area contributed by atoms with Gasteiger partial charge in [0.15, 0.2) is 0 Å². The van der Waals surface area contributed by atoms with Gasteiger partial charge in [-0.2, -0.15) is 0 Å². The van der Waals surface area contributed by atoms with Gasteiger partial charge in [0.2, 0.25) is 10.0 Å². The average Bonchev–Trinajstić information content (AvgIpc) is 3.26. The first kappa shape index (κ1) is 21.7. The van der Waals surface area contributed by atoms with Gasteiger partial charge in [0.25, 0.3) is 5.91 Å². The molecule has 0 unspecified atom stereocenters. The molecular weight excluding hydrogens is 420 g/mol. The van der Waals surface area contributed by atoms with E-state index in [1.165, 1.54) is 31.4 Å². The van der Waals surface area contributed by atoms with Crippen LogP contribution in [0.5, 0.6) is 0 Å². The Morgan fingerprint density at radius 2 is 1.87 bits per heavy atom. The van der Waals surface area contributed by atoms with Crippen LogP contribution in [0.3, 0.4) is 0 Å². The second-order valence-electron chi connectivity index (χ2n) is 6.18. The number of hydrogen-bond donors (Lipinski definition) is 2. The van der Waals surface area contributed by atoms with E-state index >= 15 is 0 Å². The lowest BCUT2D eigenvalue weighted by molar-refractivity contribution is 0.102. The van der Waals surface area contributed by atoms with Gasteiger partial charge >= 0.3 is 0 Å². The van der Waals surface area contributed by atoms with Crippen molar-refractivity contribution in [3.05, 3.63) is 82.0 Å². The van der Waals surface area contributed by atoms with E-state index in [1.807, 2.05) is 29.6 Å². The first-order valence-corrected chi connectivity index (χ1v) is 11.4. The second-order valence-corrected chi connectivity index (χ2v) is 8.89. The maximum absolute atomic E-state index is 12.5. The summed E-state index contributed by atoms with van der Waals surface area (Å²) in [6.07, 6.45) is 0. The van der Waals surface area contributed by atoms with Crippen LogP contribution in [0.15, 0.2) is 70.9 Å². The summed E-state index contributed by atoms with van der Waals surface area (Å²) < 4.78 is 31.6. The number of ether oxygens (including phenoxy) is 1. The number of carbonyl (C=O) groups excluding carboxylic acids is 1. The highest BCUT2D eigenvalue weighted by molar-refractivity contribution is 7.89. The molecule has 0 saturated heterocycles. The van der Waals surface area contributed by atoms with Crippen molar-refractivity contribution < 1.29 is 17.9 Å². The van der Waals surface area contributed by atoms with Crippen LogP contribution in [-0.2, 0) is 14.8 Å². The molecule has 6 nitrogen and oxygen atoms in total. The number of nitrogens with one attached hydrogen (secondary N) is 2. The molecule has 0 bridgehead atoms. The third-order valence-corrected chi connectivity index (χ3v) is 6.26. The van der Waals surface area contributed by atoms with Gasteiger partial charge in [0, 0.05) is 30.5 Å². The molecule has 0 aliphatic carbocycles. The molecule has 30 heavy (non-hydrogen) atoms. The van der Waals surface area contributed by atoms with Crippen LogP contribution < -0.4 is 10.0 Å². The van der Waals surface area contributed by atoms with Crippen molar-refractivity contribution in [2.75, 3.05) is 25.6 Å². The highest BCUT2D eigenvalue weighted by atomic mass is 32.2. The maximum Gasteiger partial charge on any atom is 0.255 e. The normalized spacial score (nSPS) is 10.8. The lowest BCUT2D eigenvalue weighted by Gasteiger charge is -2.08. The molecule has 3 rings (SSSR count). The predicted octanol–water partition coefficient (Wildman–Crippen LogP) is 3.32. The minimum Gasteiger partial charge on any atom is -0.383 e. The van der Waals surface area contributed by atoms with E-state index in [4.69, 9.17) is 4.74 Å². The lowest BCUT2D eigenvalue weighted by Crippen LogP contribution is -2.27. The minimum absolute atomic E-state index is 0.0843. The van der Waals surface area contributed by atoms with Crippen molar-refractivity contribution in [3.8, 4) is 11.8 Å². The fraction of sp³-hybridized carbons (Fsp3) is 0.136. The van der Waals surface area contributed by atoms with Gasteiger partial charge in [-0.1, -0.05) is 24.0 Å². The number of sulfonamides is 1. The molecule has 0 radical (unpaired) electrons. The number of amides is 1. The van der Waals surface area contributed by atoms with E-state index < -0.39 is 10.0 Å². The summed E-state index contributed by atoms with van der Waals surface area (Å²) in [5.41, 5.74) is 1.74. The molecule has 1 heterocycles. The van der Waals surface area contributed by atoms with E-state index in [0.717, 1.165) is 10.4 Å². The van der Waals surface area contributed by atoms with E-state index in [1.54, 1.807) is 23.5 Å². The van der Waals surface area contributed by atoms with Gasteiger partial charge in [-0.05, 0) is 53.9 Å². The fourth-order valence-corrected chi connectivity index (χ4v) is 4.09. The van der Waals surface area contributed by atoms with Crippen molar-refractivity contribution in [2.24, 2.45) is 0 Å². The number of thiophene rings is 1. The van der Waals surface area contributed by atoms with E-state index in [0.29, 0.717) is 11.3 Å². The van der Waals surface area contributed by atoms with Crippen molar-refractivity contribution >= 4 is 33.0 Å². The number of anilines is 1. The summed E-state index contributed by atoms with van der Waals surface area (Å²) >= 11 is 1.57. The molecule has 0 aliphatic rings. The number of carbonyl (C=O) groups is 1. The van der Waals surface area contributed by atoms with E-state index in [-0.39, 0.29) is 24.0 Å². The van der Waals surface area contributed by atoms with Gasteiger partial charge in [-0.3, -0.25) is 4.79 Å². The minimum atomic E-state index is -3.64. The summed E-state index contributed by atoms with van der Waals surface area (Å²) in [4.78, 5) is 13.6. The lowest BCUT2D eigenvalue weighted by atomic mass is 10.1. The number of benzene rings is 2. The Balaban J connectivity index is 1.67. The smallest absolute Gasteiger partial charge is 0.255 e. The Kier molecular flexibility index (Phi) is 7.38. The molecule has 8 heteroatoms. The molecule has 2 aromatic carbocycles. The molecular formula is C22H20N2O4S2. The van der Waals surface area contributed by atoms with Gasteiger partial charge in [0.05, 0.1) is 16.4 Å². The molecule has 154 valence electrons. The van der Waals surface area contributed by atoms with Gasteiger partial charge in [-0.25, -0.2) is 13.1 Å². The first-order chi connectivity index (χ1) is 14.5. The van der Waals surface area contributed by atoms with Crippen LogP contribution in [-0.4, -0.2) is 34.6 Å². The number of methoxy groups -OCH3 is 1. The molecule has 0 spiro atoms. The topological polar surface area (TPSA) is 84.5 Å². The SMILES string of the molecule is COCCNS(=O)(=O)c1ccc(C(=O)Nc2cccc(C#Cc3cccs3)c2)cc1. The summed E-state index contributed by atoms with van der Waals surface area (Å²) in [5, 5.41) is 4.77. The summed E-state index contributed by atoms with van der Waals surface area (Å²) in [6, 6.07) is 16.9. The third-order valence-electron chi connectivity index (χ3n) is 4.00. The standard InChI is InChI=1S/C22H20N2O4S2/c1-28-14-13-23-30(26,27)21-11-8-18(9-12-21)22(25)24-19-5-2-4-17(16-19)7-10-20-6-3-15-29-20/h2-6,8-9,11-12,15-16,23H,13-14H2,1H3,(H,24,25). The van der Waals surface area contributed by atoms with Crippen LogP contribution in [0.25, 0.3) is 0 Å². The summed E-state index contributed by atoms with van der Waals surface area (Å²) in [5.74, 6) is 5.81. The van der Waals surface area contributed by atoms with Crippen LogP contribution in [0.2, 0.25) is 0 Å². The largest absolute Gasteiger partial charge is 0.383 e. The zero-order valence-corrected chi connectivity index (χ0v) is 17.8. The van der Waals surface area contributed by atoms with Crippen molar-refractivity contribution in [3.63, 3.8) is 0 Å². The van der Waals surface area contributed by atoms with E-state index in [2.05, 4.69) is 21.9 Å². The van der Waals surface area contributed by atoms with Crippen LogP contribution >= 0.6 is 11.3 Å². The Morgan fingerprint density at radius 3 is 2.57 bits per heavy atom. The molecule has 0 atom stereocenters. The zero-order chi connectivity index (χ0) is 21.4. The van der Waals surface area contributed by atoms with Crippen molar-refractivity contribution in [1.29, 1.82) is 0 Å². The fourth-order valence-electron chi connectivity index (χ4n) is 2.51. The predicted molar refractivity (Wildman–Crippen MR) is 118 cm³/mol. The average molecular weight is 441 g/mol. The molecule has 0 saturated carbocycles. The van der Waals surface area contributed by atoms with Crippen LogP contribution in [0.1, 0.15) is 20.8 Å². The van der Waals surface area contributed by atoms with Crippen LogP contribution in [0.4, 0.5) is 5.69 Å². The van der Waals surface area contributed by atoms with Gasteiger partial charge in [-0.15, -0.1) is 11.3 Å². The van der Waals surface area contributed by atoms with Crippen molar-refractivity contribution in [1.82, 2.24) is 4.72 Å². The molecule has 0 aliphatic heterocycles. The summed E-state index contributed by atoms with van der Waals surface area (Å²) in [6.45, 7) is 0.448. The van der Waals surface area contributed by atoms with Crippen LogP contribution in [0, 0.1) is 11.8 Å². The number of hydrogen-bond acceptors (Lipinski definition) is 5. The maximum atomic E-state index is 12.5. The van der Waals surface area contributed by atoms with Gasteiger partial charge < -0.3 is 10.1 Å². The third kappa shape index (κ3) is 6.02. The Bertz CT molecular complexity index is 1160. The molecule has 1 amide bonds. The zero-order valence-electron chi connectivity index (χ0n) is 16.2. The monoisotopic (exact) mass is 440 g/mol. The van der Waals surface area contributed by atoms with Crippen molar-refractivity contribution in [2.45, 2.75) is 4.90 Å². The highest BCUT2D eigenvalue weighted by Crippen LogP contribution is 2.15. The first-order valence-electron chi connectivity index (χ1n) is 9.03. The summed E-state index contributed by atoms with van der Waals surface area (Å²) in [7, 11) is -2.15. The Hall–Kier alpha value is -2.96. The Morgan fingerprint density at radius 1 is 1.07 bits per heavy atom. The second kappa shape index (κ2) is 10.2. The number of rotatable bonds is 7. The van der Waals surface area contributed by atoms with E-state index in [9.17, 15) is 13.2 Å². The van der Waals surface area contributed by atoms with Gasteiger partial charge in [0.1, 0.15) is 0 Å². The Labute approximate surface area is 180 Å². The molecule has 0 fully saturated rings. The highest BCUT2D eigenvalue weighted by Gasteiger charge is 2.14. The quantitative estimate of drug-likeness (QED) is 0.436. The molecule has 1 aromatic heterocycles. The molecule has 3 aromatic rings.